The Kier molecular flexibility index (Phi) is 4.80. The van der Waals surface area contributed by atoms with Crippen LogP contribution in [0, 0.1) is 23.2 Å². The van der Waals surface area contributed by atoms with Crippen LogP contribution in [0.4, 0.5) is 0 Å². The molecule has 1 N–H and O–H groups in total. The van der Waals surface area contributed by atoms with Crippen molar-refractivity contribution in [3.8, 4) is 6.07 Å². The Balaban J connectivity index is 1.97. The van der Waals surface area contributed by atoms with Crippen molar-refractivity contribution in [1.29, 1.82) is 5.26 Å². The largest absolute Gasteiger partial charge is 0.306 e. The molecular weight excluding hydrogens is 246 g/mol. The van der Waals surface area contributed by atoms with E-state index >= 15 is 0 Å². The van der Waals surface area contributed by atoms with Gasteiger partial charge in [0.25, 0.3) is 0 Å². The molecule has 1 aliphatic carbocycles. The average Bonchev–Trinajstić information content (AvgIpc) is 3.17. The molecule has 1 aliphatic rings. The molecule has 0 amide bonds. The van der Waals surface area contributed by atoms with Gasteiger partial charge >= 0.3 is 0 Å². The van der Waals surface area contributed by atoms with Gasteiger partial charge in [0.15, 0.2) is 0 Å². The van der Waals surface area contributed by atoms with Gasteiger partial charge in [0.2, 0.25) is 0 Å². The van der Waals surface area contributed by atoms with Crippen LogP contribution in [0.25, 0.3) is 0 Å². The van der Waals surface area contributed by atoms with Crippen LogP contribution in [0.15, 0.2) is 30.3 Å². The van der Waals surface area contributed by atoms with Crippen molar-refractivity contribution in [2.24, 2.45) is 11.8 Å². The monoisotopic (exact) mass is 271 g/mol. The maximum atomic E-state index is 9.65. The molecule has 3 unspecified atom stereocenters. The minimum absolute atomic E-state index is 0.579. The first-order valence-electron chi connectivity index (χ1n) is 7.45. The number of benzene rings is 1. The summed E-state index contributed by atoms with van der Waals surface area (Å²) in [5.74, 6) is 1.75. The molecule has 3 atom stereocenters. The first-order valence-corrected chi connectivity index (χ1v) is 7.45. The molecule has 0 saturated heterocycles. The Labute approximate surface area is 122 Å². The van der Waals surface area contributed by atoms with Gasteiger partial charge < -0.3 is 4.90 Å². The maximum Gasteiger partial charge on any atom is 0.133 e. The molecule has 108 valence electrons. The molecule has 3 nitrogen and oxygen atoms in total. The number of hydrogen-bond donors (Lipinski definition) is 1. The normalized spacial score (nSPS) is 24.1. The summed E-state index contributed by atoms with van der Waals surface area (Å²) in [5, 5.41) is 12.9. The van der Waals surface area contributed by atoms with Crippen LogP contribution in [0.2, 0.25) is 0 Å². The van der Waals surface area contributed by atoms with Crippen molar-refractivity contribution in [2.75, 3.05) is 27.2 Å². The van der Waals surface area contributed by atoms with Crippen molar-refractivity contribution < 1.29 is 0 Å². The van der Waals surface area contributed by atoms with Gasteiger partial charge in [-0.1, -0.05) is 37.3 Å². The standard InChI is InChI=1S/C17H25N3/c1-14-11-15(14)12-20(3)10-9-17(13-18,19-2)16-7-5-4-6-8-16/h4-8,14-15,19H,9-12H2,1-3H3. The van der Waals surface area contributed by atoms with Crippen molar-refractivity contribution in [1.82, 2.24) is 10.2 Å². The van der Waals surface area contributed by atoms with E-state index in [2.05, 4.69) is 30.3 Å². The molecule has 1 aromatic rings. The second-order valence-electron chi connectivity index (χ2n) is 6.12. The average molecular weight is 271 g/mol. The summed E-state index contributed by atoms with van der Waals surface area (Å²) >= 11 is 0. The number of nitrogens with one attached hydrogen (secondary N) is 1. The van der Waals surface area contributed by atoms with Crippen LogP contribution in [-0.2, 0) is 5.54 Å². The molecule has 0 heterocycles. The molecule has 0 aliphatic heterocycles. The lowest BCUT2D eigenvalue weighted by molar-refractivity contribution is 0.275. The Morgan fingerprint density at radius 3 is 2.55 bits per heavy atom. The van der Waals surface area contributed by atoms with E-state index in [9.17, 15) is 5.26 Å². The third-order valence-electron chi connectivity index (χ3n) is 4.58. The highest BCUT2D eigenvalue weighted by Gasteiger charge is 2.34. The summed E-state index contributed by atoms with van der Waals surface area (Å²) in [5.41, 5.74) is 0.475. The van der Waals surface area contributed by atoms with Crippen molar-refractivity contribution in [3.63, 3.8) is 0 Å². The lowest BCUT2D eigenvalue weighted by atomic mass is 9.88. The number of hydrogen-bond acceptors (Lipinski definition) is 3. The topological polar surface area (TPSA) is 39.1 Å². The van der Waals surface area contributed by atoms with E-state index in [1.807, 2.05) is 37.4 Å². The lowest BCUT2D eigenvalue weighted by Crippen LogP contribution is -2.41. The Bertz CT molecular complexity index is 465. The van der Waals surface area contributed by atoms with Crippen LogP contribution in [0.5, 0.6) is 0 Å². The molecule has 1 fully saturated rings. The second kappa shape index (κ2) is 6.39. The van der Waals surface area contributed by atoms with E-state index in [1.54, 1.807) is 0 Å². The molecule has 0 bridgehead atoms. The quantitative estimate of drug-likeness (QED) is 0.828. The molecule has 1 aromatic carbocycles. The predicted octanol–water partition coefficient (Wildman–Crippen LogP) is 2.60. The van der Waals surface area contributed by atoms with E-state index in [4.69, 9.17) is 0 Å². The zero-order chi connectivity index (χ0) is 14.6. The highest BCUT2D eigenvalue weighted by molar-refractivity contribution is 5.31. The Morgan fingerprint density at radius 2 is 2.05 bits per heavy atom. The first-order chi connectivity index (χ1) is 9.61. The molecule has 20 heavy (non-hydrogen) atoms. The van der Waals surface area contributed by atoms with Gasteiger partial charge in [-0.05, 0) is 44.3 Å². The van der Waals surface area contributed by atoms with E-state index in [0.29, 0.717) is 0 Å². The number of rotatable bonds is 7. The predicted molar refractivity (Wildman–Crippen MR) is 82.2 cm³/mol. The highest BCUT2D eigenvalue weighted by atomic mass is 15.1. The van der Waals surface area contributed by atoms with Gasteiger partial charge in [0.1, 0.15) is 5.54 Å². The van der Waals surface area contributed by atoms with Crippen LogP contribution >= 0.6 is 0 Å². The second-order valence-corrected chi connectivity index (χ2v) is 6.12. The smallest absolute Gasteiger partial charge is 0.133 e. The van der Waals surface area contributed by atoms with Crippen molar-refractivity contribution in [2.45, 2.75) is 25.3 Å². The summed E-state index contributed by atoms with van der Waals surface area (Å²) in [6.45, 7) is 4.41. The van der Waals surface area contributed by atoms with Crippen LogP contribution in [-0.4, -0.2) is 32.1 Å². The van der Waals surface area contributed by atoms with Gasteiger partial charge in [0.05, 0.1) is 6.07 Å². The Hall–Kier alpha value is -1.37. The highest BCUT2D eigenvalue weighted by Crippen LogP contribution is 2.38. The SMILES string of the molecule is CNC(C#N)(CCN(C)CC1CC1C)c1ccccc1. The summed E-state index contributed by atoms with van der Waals surface area (Å²) < 4.78 is 0. The molecule has 0 spiro atoms. The molecule has 0 aromatic heterocycles. The minimum atomic E-state index is -0.579. The zero-order valence-corrected chi connectivity index (χ0v) is 12.8. The molecule has 2 rings (SSSR count). The molecular formula is C17H25N3. The molecule has 3 heteroatoms. The minimum Gasteiger partial charge on any atom is -0.306 e. The fourth-order valence-corrected chi connectivity index (χ4v) is 2.82. The van der Waals surface area contributed by atoms with Crippen molar-refractivity contribution in [3.05, 3.63) is 35.9 Å². The van der Waals surface area contributed by atoms with E-state index in [0.717, 1.165) is 36.9 Å². The molecule has 0 radical (unpaired) electrons. The summed E-state index contributed by atoms with van der Waals surface area (Å²) in [6.07, 6.45) is 2.17. The number of nitriles is 1. The van der Waals surface area contributed by atoms with E-state index in [-0.39, 0.29) is 0 Å². The van der Waals surface area contributed by atoms with Crippen molar-refractivity contribution >= 4 is 0 Å². The maximum absolute atomic E-state index is 9.65. The van der Waals surface area contributed by atoms with Gasteiger partial charge in [-0.3, -0.25) is 5.32 Å². The fourth-order valence-electron chi connectivity index (χ4n) is 2.82. The van der Waals surface area contributed by atoms with Crippen LogP contribution in [0.1, 0.15) is 25.3 Å². The third kappa shape index (κ3) is 3.39. The first kappa shape index (κ1) is 15.0. The number of nitrogens with zero attached hydrogens (tertiary/aromatic N) is 2. The summed E-state index contributed by atoms with van der Waals surface area (Å²) in [4.78, 5) is 2.36. The Morgan fingerprint density at radius 1 is 1.40 bits per heavy atom. The van der Waals surface area contributed by atoms with Crippen LogP contribution < -0.4 is 5.32 Å². The third-order valence-corrected chi connectivity index (χ3v) is 4.58. The van der Waals surface area contributed by atoms with Crippen LogP contribution in [0.3, 0.4) is 0 Å². The van der Waals surface area contributed by atoms with E-state index < -0.39 is 5.54 Å². The summed E-state index contributed by atoms with van der Waals surface area (Å²) in [6, 6.07) is 12.5. The van der Waals surface area contributed by atoms with Gasteiger partial charge in [-0.15, -0.1) is 0 Å². The fraction of sp³-hybridized carbons (Fsp3) is 0.588. The zero-order valence-electron chi connectivity index (χ0n) is 12.8. The van der Waals surface area contributed by atoms with Gasteiger partial charge in [-0.25, -0.2) is 0 Å². The van der Waals surface area contributed by atoms with Gasteiger partial charge in [-0.2, -0.15) is 5.26 Å². The molecule has 1 saturated carbocycles. The van der Waals surface area contributed by atoms with Gasteiger partial charge in [0, 0.05) is 13.1 Å². The summed E-state index contributed by atoms with van der Waals surface area (Å²) in [7, 11) is 4.03. The van der Waals surface area contributed by atoms with E-state index in [1.165, 1.54) is 6.42 Å². The lowest BCUT2D eigenvalue weighted by Gasteiger charge is -2.29.